The number of methoxy groups -OCH3 is 1. The molecular formula is C24H29N3O3S. The van der Waals surface area contributed by atoms with Crippen LogP contribution in [0.1, 0.15) is 28.4 Å². The van der Waals surface area contributed by atoms with Gasteiger partial charge >= 0.3 is 0 Å². The van der Waals surface area contributed by atoms with Crippen LogP contribution < -0.4 is 9.46 Å². The van der Waals surface area contributed by atoms with Crippen LogP contribution in [0.25, 0.3) is 0 Å². The number of nitrogens with one attached hydrogen (secondary N) is 1. The molecule has 1 N–H and O–H groups in total. The lowest BCUT2D eigenvalue weighted by atomic mass is 9.98. The van der Waals surface area contributed by atoms with E-state index >= 15 is 0 Å². The Morgan fingerprint density at radius 3 is 2.55 bits per heavy atom. The fourth-order valence-electron chi connectivity index (χ4n) is 4.31. The highest BCUT2D eigenvalue weighted by Crippen LogP contribution is 2.28. The number of nitrogens with zero attached hydrogens (tertiary/aromatic N) is 2. The maximum Gasteiger partial charge on any atom is 0.240 e. The summed E-state index contributed by atoms with van der Waals surface area (Å²) < 4.78 is 36.3. The zero-order chi connectivity index (χ0) is 22.0. The van der Waals surface area contributed by atoms with Crippen molar-refractivity contribution in [2.24, 2.45) is 7.05 Å². The van der Waals surface area contributed by atoms with Gasteiger partial charge in [0.15, 0.2) is 0 Å². The summed E-state index contributed by atoms with van der Waals surface area (Å²) in [6.07, 6.45) is 2.96. The van der Waals surface area contributed by atoms with Gasteiger partial charge in [0, 0.05) is 38.6 Å². The summed E-state index contributed by atoms with van der Waals surface area (Å²) in [5.74, 6) is 0.674. The van der Waals surface area contributed by atoms with E-state index in [4.69, 9.17) is 4.74 Å². The van der Waals surface area contributed by atoms with Gasteiger partial charge in [-0.1, -0.05) is 24.3 Å². The Bertz CT molecular complexity index is 1170. The highest BCUT2D eigenvalue weighted by Gasteiger charge is 2.28. The van der Waals surface area contributed by atoms with Gasteiger partial charge in [0.2, 0.25) is 10.0 Å². The van der Waals surface area contributed by atoms with E-state index in [0.717, 1.165) is 30.8 Å². The zero-order valence-corrected chi connectivity index (χ0v) is 19.0. The molecule has 1 aliphatic heterocycles. The lowest BCUT2D eigenvalue weighted by Crippen LogP contribution is -2.41. The number of ether oxygens (including phenoxy) is 1. The van der Waals surface area contributed by atoms with Gasteiger partial charge in [0.25, 0.3) is 0 Å². The van der Waals surface area contributed by atoms with Crippen LogP contribution in [-0.2, 0) is 30.0 Å². The first-order chi connectivity index (χ1) is 14.9. The monoisotopic (exact) mass is 439 g/mol. The summed E-state index contributed by atoms with van der Waals surface area (Å²) in [4.78, 5) is 2.61. The van der Waals surface area contributed by atoms with Crippen molar-refractivity contribution < 1.29 is 13.2 Å². The topological polar surface area (TPSA) is 63.6 Å². The molecule has 0 spiro atoms. The third-order valence-electron chi connectivity index (χ3n) is 6.07. The van der Waals surface area contributed by atoms with E-state index in [2.05, 4.69) is 44.5 Å². The van der Waals surface area contributed by atoms with Crippen LogP contribution in [0.2, 0.25) is 0 Å². The Hall–Kier alpha value is -2.61. The minimum Gasteiger partial charge on any atom is -0.496 e. The van der Waals surface area contributed by atoms with Gasteiger partial charge < -0.3 is 9.30 Å². The Balaban J connectivity index is 1.57. The first-order valence-corrected chi connectivity index (χ1v) is 11.9. The summed E-state index contributed by atoms with van der Waals surface area (Å²) >= 11 is 0. The maximum atomic E-state index is 13.0. The SMILES string of the molecule is COc1ccc(S(=O)(=O)NC[C@H](c2cccn2C)N2CCc3ccccc3C2)cc1C. The van der Waals surface area contributed by atoms with Gasteiger partial charge in [0.05, 0.1) is 18.0 Å². The van der Waals surface area contributed by atoms with E-state index in [9.17, 15) is 8.42 Å². The molecule has 1 atom stereocenters. The predicted molar refractivity (Wildman–Crippen MR) is 122 cm³/mol. The number of rotatable bonds is 7. The molecule has 0 unspecified atom stereocenters. The van der Waals surface area contributed by atoms with Crippen LogP contribution in [0.5, 0.6) is 5.75 Å². The second kappa shape index (κ2) is 8.86. The molecule has 3 aromatic rings. The molecule has 0 aliphatic carbocycles. The molecule has 0 bridgehead atoms. The van der Waals surface area contributed by atoms with Crippen LogP contribution >= 0.6 is 0 Å². The molecule has 7 heteroatoms. The molecule has 0 fully saturated rings. The molecule has 6 nitrogen and oxygen atoms in total. The van der Waals surface area contributed by atoms with E-state index in [-0.39, 0.29) is 10.9 Å². The Labute approximate surface area is 184 Å². The second-order valence-electron chi connectivity index (χ2n) is 8.03. The highest BCUT2D eigenvalue weighted by molar-refractivity contribution is 7.89. The van der Waals surface area contributed by atoms with Crippen LogP contribution in [0.4, 0.5) is 0 Å². The standard InChI is InChI=1S/C24H29N3O3S/c1-18-15-21(10-11-24(18)30-3)31(28,29)25-16-23(22-9-6-13-26(22)2)27-14-12-19-7-4-5-8-20(19)17-27/h4-11,13,15,23,25H,12,14,16-17H2,1-3H3/t23-/m1/s1. The highest BCUT2D eigenvalue weighted by atomic mass is 32.2. The van der Waals surface area contributed by atoms with Crippen molar-refractivity contribution in [2.75, 3.05) is 20.2 Å². The number of aromatic nitrogens is 1. The zero-order valence-electron chi connectivity index (χ0n) is 18.2. The van der Waals surface area contributed by atoms with Crippen LogP contribution in [0.15, 0.2) is 65.7 Å². The number of hydrogen-bond donors (Lipinski definition) is 1. The van der Waals surface area contributed by atoms with Crippen molar-refractivity contribution in [2.45, 2.75) is 30.8 Å². The minimum absolute atomic E-state index is 0.0672. The van der Waals surface area contributed by atoms with Gasteiger partial charge in [-0.15, -0.1) is 0 Å². The summed E-state index contributed by atoms with van der Waals surface area (Å²) in [7, 11) is -0.0665. The minimum atomic E-state index is -3.65. The molecule has 2 heterocycles. The smallest absolute Gasteiger partial charge is 0.240 e. The van der Waals surface area contributed by atoms with E-state index in [0.29, 0.717) is 12.3 Å². The van der Waals surface area contributed by atoms with Gasteiger partial charge in [0.1, 0.15) is 5.75 Å². The van der Waals surface area contributed by atoms with Gasteiger partial charge in [-0.3, -0.25) is 4.90 Å². The molecule has 4 rings (SSSR count). The number of hydrogen-bond acceptors (Lipinski definition) is 4. The summed E-state index contributed by atoms with van der Waals surface area (Å²) in [5.41, 5.74) is 4.56. The van der Waals surface area contributed by atoms with Gasteiger partial charge in [-0.05, 0) is 60.4 Å². The average molecular weight is 440 g/mol. The Kier molecular flexibility index (Phi) is 6.18. The molecular weight excluding hydrogens is 410 g/mol. The Morgan fingerprint density at radius 2 is 1.87 bits per heavy atom. The molecule has 164 valence electrons. The van der Waals surface area contributed by atoms with E-state index < -0.39 is 10.0 Å². The third kappa shape index (κ3) is 4.54. The van der Waals surface area contributed by atoms with Crippen LogP contribution in [0, 0.1) is 6.92 Å². The fourth-order valence-corrected chi connectivity index (χ4v) is 5.44. The summed E-state index contributed by atoms with van der Waals surface area (Å²) in [5, 5.41) is 0. The van der Waals surface area contributed by atoms with Crippen LogP contribution in [-0.4, -0.2) is 38.1 Å². The number of sulfonamides is 1. The normalized spacial score (nSPS) is 15.5. The predicted octanol–water partition coefficient (Wildman–Crippen LogP) is 3.42. The molecule has 0 saturated heterocycles. The maximum absolute atomic E-state index is 13.0. The van der Waals surface area contributed by atoms with E-state index in [1.54, 1.807) is 25.3 Å². The fraction of sp³-hybridized carbons (Fsp3) is 0.333. The van der Waals surface area contributed by atoms with Gasteiger partial charge in [-0.2, -0.15) is 0 Å². The number of aryl methyl sites for hydroxylation is 2. The van der Waals surface area contributed by atoms with E-state index in [1.807, 2.05) is 26.2 Å². The van der Waals surface area contributed by atoms with Crippen LogP contribution in [0.3, 0.4) is 0 Å². The molecule has 0 amide bonds. The van der Waals surface area contributed by atoms with Crippen molar-refractivity contribution in [1.82, 2.24) is 14.2 Å². The lowest BCUT2D eigenvalue weighted by molar-refractivity contribution is 0.174. The van der Waals surface area contributed by atoms with Crippen molar-refractivity contribution in [1.29, 1.82) is 0 Å². The molecule has 31 heavy (non-hydrogen) atoms. The quantitative estimate of drug-likeness (QED) is 0.613. The largest absolute Gasteiger partial charge is 0.496 e. The molecule has 2 aromatic carbocycles. The number of fused-ring (bicyclic) bond motifs is 1. The molecule has 0 saturated carbocycles. The third-order valence-corrected chi connectivity index (χ3v) is 7.49. The van der Waals surface area contributed by atoms with E-state index in [1.165, 1.54) is 11.1 Å². The van der Waals surface area contributed by atoms with Crippen molar-refractivity contribution in [3.63, 3.8) is 0 Å². The molecule has 1 aliphatic rings. The second-order valence-corrected chi connectivity index (χ2v) is 9.80. The number of benzene rings is 2. The molecule has 1 aromatic heterocycles. The van der Waals surface area contributed by atoms with Gasteiger partial charge in [-0.25, -0.2) is 13.1 Å². The first kappa shape index (κ1) is 21.6. The van der Waals surface area contributed by atoms with Crippen molar-refractivity contribution >= 4 is 10.0 Å². The average Bonchev–Trinajstić information content (AvgIpc) is 3.19. The first-order valence-electron chi connectivity index (χ1n) is 10.5. The summed E-state index contributed by atoms with van der Waals surface area (Å²) in [6.45, 7) is 3.83. The summed E-state index contributed by atoms with van der Waals surface area (Å²) in [6, 6.07) is 17.4. The van der Waals surface area contributed by atoms with Crippen molar-refractivity contribution in [3.8, 4) is 5.75 Å². The molecule has 0 radical (unpaired) electrons. The van der Waals surface area contributed by atoms with Crippen molar-refractivity contribution in [3.05, 3.63) is 83.2 Å². The Morgan fingerprint density at radius 1 is 1.10 bits per heavy atom. The lowest BCUT2D eigenvalue weighted by Gasteiger charge is -2.36.